The summed E-state index contributed by atoms with van der Waals surface area (Å²) in [5.41, 5.74) is 4.85. The van der Waals surface area contributed by atoms with E-state index in [4.69, 9.17) is 8.94 Å². The molecule has 5 aromatic rings. The molecule has 2 aromatic carbocycles. The van der Waals surface area contributed by atoms with Crippen LogP contribution in [0.2, 0.25) is 0 Å². The van der Waals surface area contributed by atoms with Crippen LogP contribution in [-0.2, 0) is 11.2 Å². The van der Waals surface area contributed by atoms with Crippen LogP contribution in [0.5, 0.6) is 0 Å². The van der Waals surface area contributed by atoms with Crippen LogP contribution in [0.3, 0.4) is 0 Å². The van der Waals surface area contributed by atoms with E-state index in [9.17, 15) is 4.79 Å². The Bertz CT molecular complexity index is 1370. The molecule has 1 amide bonds. The number of nitrogens with zero attached hydrogens (tertiary/aromatic N) is 4. The number of oxazole rings is 1. The molecule has 0 aliphatic carbocycles. The van der Waals surface area contributed by atoms with E-state index in [0.29, 0.717) is 35.4 Å². The predicted molar refractivity (Wildman–Crippen MR) is 119 cm³/mol. The van der Waals surface area contributed by atoms with Gasteiger partial charge in [-0.2, -0.15) is 4.98 Å². The summed E-state index contributed by atoms with van der Waals surface area (Å²) in [7, 11) is 0. The van der Waals surface area contributed by atoms with E-state index in [2.05, 4.69) is 25.4 Å². The minimum Gasteiger partial charge on any atom is -0.436 e. The summed E-state index contributed by atoms with van der Waals surface area (Å²) in [6.07, 6.45) is 2.22. The zero-order valence-electron chi connectivity index (χ0n) is 17.3. The average Bonchev–Trinajstić information content (AvgIpc) is 3.46. The summed E-state index contributed by atoms with van der Waals surface area (Å²) >= 11 is 0. The molecule has 1 N–H and O–H groups in total. The molecule has 8 nitrogen and oxygen atoms in total. The summed E-state index contributed by atoms with van der Waals surface area (Å²) in [5, 5.41) is 6.78. The lowest BCUT2D eigenvalue weighted by molar-refractivity contribution is -0.116. The Hall–Kier alpha value is -4.33. The average molecular weight is 425 g/mol. The van der Waals surface area contributed by atoms with E-state index in [-0.39, 0.29) is 12.3 Å². The number of aromatic nitrogens is 4. The highest BCUT2D eigenvalue weighted by molar-refractivity contribution is 5.91. The molecule has 0 saturated carbocycles. The molecule has 0 aliphatic rings. The van der Waals surface area contributed by atoms with Crippen LogP contribution < -0.4 is 5.32 Å². The number of hydrogen-bond donors (Lipinski definition) is 1. The van der Waals surface area contributed by atoms with Crippen molar-refractivity contribution in [3.05, 3.63) is 78.3 Å². The van der Waals surface area contributed by atoms with Crippen LogP contribution >= 0.6 is 0 Å². The summed E-state index contributed by atoms with van der Waals surface area (Å²) in [6, 6.07) is 18.7. The first-order chi connectivity index (χ1) is 15.6. The number of carbonyl (C=O) groups excluding carboxylic acids is 1. The molecular weight excluding hydrogens is 406 g/mol. The second-order valence-corrected chi connectivity index (χ2v) is 7.34. The molecule has 0 bridgehead atoms. The van der Waals surface area contributed by atoms with Gasteiger partial charge in [0.15, 0.2) is 5.58 Å². The van der Waals surface area contributed by atoms with Gasteiger partial charge in [0.25, 0.3) is 0 Å². The molecular formula is C24H19N5O3. The summed E-state index contributed by atoms with van der Waals surface area (Å²) in [4.78, 5) is 25.3. The summed E-state index contributed by atoms with van der Waals surface area (Å²) in [5.74, 6) is 1.20. The number of carbonyl (C=O) groups is 1. The standard InChI is InChI=1S/C24H19N5O3/c1-15-5-10-20-19(14-15)27-24(31-20)16-6-8-17(9-7-16)26-21(30)11-12-22-28-23(29-32-22)18-4-2-3-13-25-18/h2-10,13-14H,11-12H2,1H3,(H,26,30). The molecule has 5 rings (SSSR count). The van der Waals surface area contributed by atoms with Gasteiger partial charge < -0.3 is 14.3 Å². The minimum atomic E-state index is -0.146. The van der Waals surface area contributed by atoms with Crippen molar-refractivity contribution in [2.75, 3.05) is 5.32 Å². The maximum Gasteiger partial charge on any atom is 0.227 e. The Kier molecular flexibility index (Phi) is 5.17. The van der Waals surface area contributed by atoms with Crippen molar-refractivity contribution in [3.63, 3.8) is 0 Å². The van der Waals surface area contributed by atoms with Crippen LogP contribution in [0, 0.1) is 6.92 Å². The van der Waals surface area contributed by atoms with E-state index in [0.717, 1.165) is 22.2 Å². The monoisotopic (exact) mass is 425 g/mol. The van der Waals surface area contributed by atoms with Crippen molar-refractivity contribution in [2.45, 2.75) is 19.8 Å². The fourth-order valence-electron chi connectivity index (χ4n) is 3.26. The van der Waals surface area contributed by atoms with Gasteiger partial charge >= 0.3 is 0 Å². The molecule has 0 atom stereocenters. The molecule has 32 heavy (non-hydrogen) atoms. The Morgan fingerprint density at radius 3 is 2.72 bits per heavy atom. The van der Waals surface area contributed by atoms with Gasteiger partial charge in [0.05, 0.1) is 0 Å². The second-order valence-electron chi connectivity index (χ2n) is 7.34. The van der Waals surface area contributed by atoms with Crippen LogP contribution in [0.1, 0.15) is 17.9 Å². The second kappa shape index (κ2) is 8.43. The lowest BCUT2D eigenvalue weighted by atomic mass is 10.2. The van der Waals surface area contributed by atoms with Gasteiger partial charge in [0.1, 0.15) is 11.2 Å². The fourth-order valence-corrected chi connectivity index (χ4v) is 3.26. The lowest BCUT2D eigenvalue weighted by Gasteiger charge is -2.04. The van der Waals surface area contributed by atoms with Gasteiger partial charge in [0, 0.05) is 30.3 Å². The summed E-state index contributed by atoms with van der Waals surface area (Å²) < 4.78 is 11.0. The minimum absolute atomic E-state index is 0.146. The third kappa shape index (κ3) is 4.24. The molecule has 3 aromatic heterocycles. The quantitative estimate of drug-likeness (QED) is 0.416. The number of fused-ring (bicyclic) bond motifs is 1. The Balaban J connectivity index is 1.19. The van der Waals surface area contributed by atoms with Crippen molar-refractivity contribution >= 4 is 22.7 Å². The molecule has 3 heterocycles. The van der Waals surface area contributed by atoms with E-state index in [1.165, 1.54) is 0 Å². The number of anilines is 1. The normalized spacial score (nSPS) is 11.0. The van der Waals surface area contributed by atoms with Crippen LogP contribution in [0.15, 0.2) is 75.8 Å². The van der Waals surface area contributed by atoms with Gasteiger partial charge in [-0.3, -0.25) is 9.78 Å². The highest BCUT2D eigenvalue weighted by Gasteiger charge is 2.12. The van der Waals surface area contributed by atoms with E-state index < -0.39 is 0 Å². The first kappa shape index (κ1) is 19.6. The zero-order valence-corrected chi connectivity index (χ0v) is 17.3. The van der Waals surface area contributed by atoms with Crippen molar-refractivity contribution in [1.82, 2.24) is 20.1 Å². The number of aryl methyl sites for hydroxylation is 2. The molecule has 0 unspecified atom stereocenters. The number of nitrogens with one attached hydrogen (secondary N) is 1. The van der Waals surface area contributed by atoms with E-state index in [1.54, 1.807) is 12.3 Å². The SMILES string of the molecule is Cc1ccc2oc(-c3ccc(NC(=O)CCc4nc(-c5ccccn5)no4)cc3)nc2c1. The van der Waals surface area contributed by atoms with Gasteiger partial charge in [0.2, 0.25) is 23.5 Å². The number of rotatable bonds is 6. The largest absolute Gasteiger partial charge is 0.436 e. The topological polar surface area (TPSA) is 107 Å². The summed E-state index contributed by atoms with van der Waals surface area (Å²) in [6.45, 7) is 2.02. The van der Waals surface area contributed by atoms with Gasteiger partial charge in [-0.1, -0.05) is 17.3 Å². The number of benzene rings is 2. The molecule has 158 valence electrons. The van der Waals surface area contributed by atoms with Crippen molar-refractivity contribution in [2.24, 2.45) is 0 Å². The number of amides is 1. The highest BCUT2D eigenvalue weighted by Crippen LogP contribution is 2.26. The number of pyridine rings is 1. The molecule has 0 saturated heterocycles. The van der Waals surface area contributed by atoms with Gasteiger partial charge in [-0.25, -0.2) is 4.98 Å². The maximum absolute atomic E-state index is 12.3. The molecule has 0 fully saturated rings. The Morgan fingerprint density at radius 1 is 1.03 bits per heavy atom. The molecule has 0 spiro atoms. The zero-order chi connectivity index (χ0) is 21.9. The van der Waals surface area contributed by atoms with Crippen LogP contribution in [-0.4, -0.2) is 26.0 Å². The van der Waals surface area contributed by atoms with E-state index in [1.807, 2.05) is 61.5 Å². The maximum atomic E-state index is 12.3. The highest BCUT2D eigenvalue weighted by atomic mass is 16.5. The van der Waals surface area contributed by atoms with Crippen LogP contribution in [0.25, 0.3) is 34.1 Å². The predicted octanol–water partition coefficient (Wildman–Crippen LogP) is 4.82. The third-order valence-corrected chi connectivity index (χ3v) is 4.89. The van der Waals surface area contributed by atoms with Crippen molar-refractivity contribution in [1.29, 1.82) is 0 Å². The van der Waals surface area contributed by atoms with Crippen LogP contribution in [0.4, 0.5) is 5.69 Å². The molecule has 8 heteroatoms. The van der Waals surface area contributed by atoms with E-state index >= 15 is 0 Å². The van der Waals surface area contributed by atoms with Crippen molar-refractivity contribution in [3.8, 4) is 23.0 Å². The van der Waals surface area contributed by atoms with Gasteiger partial charge in [-0.15, -0.1) is 0 Å². The fraction of sp³-hybridized carbons (Fsp3) is 0.125. The van der Waals surface area contributed by atoms with Gasteiger partial charge in [-0.05, 0) is 61.0 Å². The smallest absolute Gasteiger partial charge is 0.227 e. The molecule has 0 radical (unpaired) electrons. The number of hydrogen-bond acceptors (Lipinski definition) is 7. The molecule has 0 aliphatic heterocycles. The first-order valence-electron chi connectivity index (χ1n) is 10.2. The lowest BCUT2D eigenvalue weighted by Crippen LogP contribution is -2.12. The van der Waals surface area contributed by atoms with Crippen molar-refractivity contribution < 1.29 is 13.7 Å². The Labute approximate surface area is 183 Å². The first-order valence-corrected chi connectivity index (χ1v) is 10.2. The third-order valence-electron chi connectivity index (χ3n) is 4.89. The Morgan fingerprint density at radius 2 is 1.91 bits per heavy atom.